The fraction of sp³-hybridized carbons (Fsp3) is 1.00. The van der Waals surface area contributed by atoms with E-state index in [1.807, 2.05) is 0 Å². The van der Waals surface area contributed by atoms with Crippen LogP contribution in [0.5, 0.6) is 0 Å². The van der Waals surface area contributed by atoms with Crippen molar-refractivity contribution in [1.82, 2.24) is 9.80 Å². The third-order valence-electron chi connectivity index (χ3n) is 5.72. The highest BCUT2D eigenvalue weighted by Crippen LogP contribution is 2.28. The van der Waals surface area contributed by atoms with Crippen molar-refractivity contribution < 1.29 is 0 Å². The number of piperidine rings is 1. The van der Waals surface area contributed by atoms with Crippen molar-refractivity contribution in [3.8, 4) is 0 Å². The lowest BCUT2D eigenvalue weighted by atomic mass is 9.80. The molecule has 1 aliphatic heterocycles. The molecule has 1 atom stereocenters. The first kappa shape index (κ1) is 19.0. The number of hydrogen-bond acceptors (Lipinski definition) is 2. The minimum atomic E-state index is 0.449. The van der Waals surface area contributed by atoms with Crippen molar-refractivity contribution >= 4 is 0 Å². The largest absolute Gasteiger partial charge is 0.306 e. The lowest BCUT2D eigenvalue weighted by molar-refractivity contribution is 0.137. The Morgan fingerprint density at radius 3 is 2.10 bits per heavy atom. The summed E-state index contributed by atoms with van der Waals surface area (Å²) < 4.78 is 0. The fourth-order valence-corrected chi connectivity index (χ4v) is 3.12. The molecule has 2 heteroatoms. The molecule has 0 aromatic heterocycles. The smallest absolute Gasteiger partial charge is 0.00385 e. The normalized spacial score (nSPS) is 20.4. The van der Waals surface area contributed by atoms with Crippen molar-refractivity contribution in [1.29, 1.82) is 0 Å². The van der Waals surface area contributed by atoms with E-state index in [1.54, 1.807) is 0 Å². The van der Waals surface area contributed by atoms with Crippen LogP contribution in [0, 0.1) is 17.3 Å². The zero-order chi connectivity index (χ0) is 16.0. The molecule has 0 aromatic carbocycles. The first-order valence-electron chi connectivity index (χ1n) is 9.12. The summed E-state index contributed by atoms with van der Waals surface area (Å²) in [5, 5.41) is 0. The highest BCUT2D eigenvalue weighted by Gasteiger charge is 2.22. The van der Waals surface area contributed by atoms with Crippen molar-refractivity contribution in [3.63, 3.8) is 0 Å². The molecule has 1 heterocycles. The van der Waals surface area contributed by atoms with Crippen LogP contribution in [-0.2, 0) is 0 Å². The van der Waals surface area contributed by atoms with Gasteiger partial charge in [-0.1, -0.05) is 27.7 Å². The van der Waals surface area contributed by atoms with E-state index in [9.17, 15) is 0 Å². The van der Waals surface area contributed by atoms with E-state index in [-0.39, 0.29) is 0 Å². The lowest BCUT2D eigenvalue weighted by Gasteiger charge is -2.35. The van der Waals surface area contributed by atoms with E-state index >= 15 is 0 Å². The van der Waals surface area contributed by atoms with E-state index in [2.05, 4.69) is 58.4 Å². The predicted octanol–water partition coefficient (Wildman–Crippen LogP) is 4.50. The summed E-state index contributed by atoms with van der Waals surface area (Å²) in [7, 11) is 2.30. The van der Waals surface area contributed by atoms with Crippen LogP contribution >= 0.6 is 0 Å². The predicted molar refractivity (Wildman–Crippen MR) is 94.8 cm³/mol. The molecule has 0 bridgehead atoms. The van der Waals surface area contributed by atoms with Gasteiger partial charge in [0, 0.05) is 6.04 Å². The second-order valence-corrected chi connectivity index (χ2v) is 8.72. The highest BCUT2D eigenvalue weighted by molar-refractivity contribution is 4.76. The second-order valence-electron chi connectivity index (χ2n) is 8.72. The third kappa shape index (κ3) is 7.15. The van der Waals surface area contributed by atoms with Crippen LogP contribution in [0.25, 0.3) is 0 Å². The van der Waals surface area contributed by atoms with E-state index in [4.69, 9.17) is 0 Å². The van der Waals surface area contributed by atoms with E-state index in [0.29, 0.717) is 5.41 Å². The molecule has 1 fully saturated rings. The van der Waals surface area contributed by atoms with Crippen LogP contribution in [-0.4, -0.2) is 49.1 Å². The molecule has 1 rings (SSSR count). The minimum absolute atomic E-state index is 0.449. The first-order valence-corrected chi connectivity index (χ1v) is 9.12. The molecule has 1 saturated heterocycles. The van der Waals surface area contributed by atoms with Gasteiger partial charge in [0.25, 0.3) is 0 Å². The number of hydrogen-bond donors (Lipinski definition) is 0. The summed E-state index contributed by atoms with van der Waals surface area (Å²) in [4.78, 5) is 5.18. The Labute approximate surface area is 134 Å². The van der Waals surface area contributed by atoms with Crippen LogP contribution in [0.3, 0.4) is 0 Å². The molecular formula is C19H40N2. The van der Waals surface area contributed by atoms with Gasteiger partial charge in [0.15, 0.2) is 0 Å². The summed E-state index contributed by atoms with van der Waals surface area (Å²) in [5.74, 6) is 1.76. The monoisotopic (exact) mass is 296 g/mol. The van der Waals surface area contributed by atoms with E-state index < -0.39 is 0 Å². The van der Waals surface area contributed by atoms with Crippen LogP contribution in [0.2, 0.25) is 0 Å². The molecule has 126 valence electrons. The summed E-state index contributed by atoms with van der Waals surface area (Å²) in [6, 6.07) is 0.729. The molecule has 0 amide bonds. The van der Waals surface area contributed by atoms with Gasteiger partial charge in [0.1, 0.15) is 0 Å². The SMILES string of the molecule is CC(C)N1CCC(CCN(C)CCC(C)C(C)(C)C)CC1. The average molecular weight is 297 g/mol. The molecule has 2 nitrogen and oxygen atoms in total. The maximum absolute atomic E-state index is 2.63. The van der Waals surface area contributed by atoms with Gasteiger partial charge in [0.05, 0.1) is 0 Å². The number of likely N-dealkylation sites (tertiary alicyclic amines) is 1. The molecule has 0 N–H and O–H groups in total. The van der Waals surface area contributed by atoms with Gasteiger partial charge in [-0.15, -0.1) is 0 Å². The summed E-state index contributed by atoms with van der Waals surface area (Å²) >= 11 is 0. The first-order chi connectivity index (χ1) is 9.70. The summed E-state index contributed by atoms with van der Waals surface area (Å²) in [6.45, 7) is 19.3. The van der Waals surface area contributed by atoms with Crippen LogP contribution in [0.4, 0.5) is 0 Å². The maximum Gasteiger partial charge on any atom is 0.00385 e. The Balaban J connectivity index is 2.15. The minimum Gasteiger partial charge on any atom is -0.306 e. The fourth-order valence-electron chi connectivity index (χ4n) is 3.12. The standard InChI is InChI=1S/C19H40N2/c1-16(2)21-14-10-18(11-15-21)9-13-20(7)12-8-17(3)19(4,5)6/h16-18H,8-15H2,1-7H3. The molecule has 21 heavy (non-hydrogen) atoms. The van der Waals surface area contributed by atoms with Crippen molar-refractivity contribution in [2.24, 2.45) is 17.3 Å². The summed E-state index contributed by atoms with van der Waals surface area (Å²) in [6.07, 6.45) is 5.53. The zero-order valence-corrected chi connectivity index (χ0v) is 15.8. The Kier molecular flexibility index (Phi) is 7.70. The molecule has 0 spiro atoms. The third-order valence-corrected chi connectivity index (χ3v) is 5.72. The quantitative estimate of drug-likeness (QED) is 0.682. The van der Waals surface area contributed by atoms with Crippen molar-refractivity contribution in [3.05, 3.63) is 0 Å². The van der Waals surface area contributed by atoms with Gasteiger partial charge < -0.3 is 9.80 Å². The Bertz CT molecular complexity index is 272. The van der Waals surface area contributed by atoms with Gasteiger partial charge in [-0.05, 0) is 90.0 Å². The molecule has 0 aliphatic carbocycles. The van der Waals surface area contributed by atoms with Crippen LogP contribution in [0.15, 0.2) is 0 Å². The zero-order valence-electron chi connectivity index (χ0n) is 15.8. The molecular weight excluding hydrogens is 256 g/mol. The Morgan fingerprint density at radius 1 is 1.05 bits per heavy atom. The van der Waals surface area contributed by atoms with Gasteiger partial charge >= 0.3 is 0 Å². The van der Waals surface area contributed by atoms with Crippen LogP contribution in [0.1, 0.15) is 67.2 Å². The molecule has 0 radical (unpaired) electrons. The lowest BCUT2D eigenvalue weighted by Crippen LogP contribution is -2.39. The van der Waals surface area contributed by atoms with Gasteiger partial charge in [-0.25, -0.2) is 0 Å². The highest BCUT2D eigenvalue weighted by atomic mass is 15.1. The van der Waals surface area contributed by atoms with Gasteiger partial charge in [-0.3, -0.25) is 0 Å². The topological polar surface area (TPSA) is 6.48 Å². The Morgan fingerprint density at radius 2 is 1.62 bits per heavy atom. The van der Waals surface area contributed by atoms with Crippen molar-refractivity contribution in [2.75, 3.05) is 33.2 Å². The molecule has 0 aromatic rings. The maximum atomic E-state index is 2.63. The van der Waals surface area contributed by atoms with Crippen LogP contribution < -0.4 is 0 Å². The molecule has 1 unspecified atom stereocenters. The second kappa shape index (κ2) is 8.53. The van der Waals surface area contributed by atoms with Gasteiger partial charge in [-0.2, -0.15) is 0 Å². The van der Waals surface area contributed by atoms with E-state index in [0.717, 1.165) is 17.9 Å². The number of nitrogens with zero attached hydrogens (tertiary/aromatic N) is 2. The molecule has 0 saturated carbocycles. The number of rotatable bonds is 7. The van der Waals surface area contributed by atoms with Crippen molar-refractivity contribution in [2.45, 2.75) is 73.3 Å². The Hall–Kier alpha value is -0.0800. The summed E-state index contributed by atoms with van der Waals surface area (Å²) in [5.41, 5.74) is 0.449. The van der Waals surface area contributed by atoms with E-state index in [1.165, 1.54) is 51.9 Å². The average Bonchev–Trinajstić information content (AvgIpc) is 2.41. The van der Waals surface area contributed by atoms with Gasteiger partial charge in [0.2, 0.25) is 0 Å². The molecule has 1 aliphatic rings.